The lowest BCUT2D eigenvalue weighted by molar-refractivity contribution is 0.0732. The molecule has 0 saturated carbocycles. The first-order valence-electron chi connectivity index (χ1n) is 5.05. The maximum absolute atomic E-state index is 13.0. The summed E-state index contributed by atoms with van der Waals surface area (Å²) < 4.78 is 13.0. The number of benzene rings is 1. The molecule has 3 N–H and O–H groups in total. The first-order valence-corrected chi connectivity index (χ1v) is 5.05. The van der Waals surface area contributed by atoms with Crippen molar-refractivity contribution < 1.29 is 14.3 Å². The lowest BCUT2D eigenvalue weighted by Crippen LogP contribution is -2.33. The topological polar surface area (TPSA) is 66.6 Å². The van der Waals surface area contributed by atoms with Crippen LogP contribution >= 0.6 is 0 Å². The fourth-order valence-electron chi connectivity index (χ4n) is 1.41. The van der Waals surface area contributed by atoms with Gasteiger partial charge in [0.1, 0.15) is 5.82 Å². The van der Waals surface area contributed by atoms with E-state index in [1.807, 2.05) is 0 Å². The first kappa shape index (κ1) is 12.4. The maximum Gasteiger partial charge on any atom is 0.256 e. The van der Waals surface area contributed by atoms with Crippen LogP contribution in [-0.2, 0) is 0 Å². The Morgan fingerprint density at radius 1 is 1.56 bits per heavy atom. The Morgan fingerprint density at radius 3 is 2.81 bits per heavy atom. The predicted molar refractivity (Wildman–Crippen MR) is 59.5 cm³/mol. The molecule has 1 aromatic carbocycles. The number of hydrogen-bond donors (Lipinski definition) is 2. The lowest BCUT2D eigenvalue weighted by atomic mass is 10.1. The van der Waals surface area contributed by atoms with Gasteiger partial charge in [0.15, 0.2) is 0 Å². The lowest BCUT2D eigenvalue weighted by Gasteiger charge is -2.20. The van der Waals surface area contributed by atoms with Crippen LogP contribution in [0.2, 0.25) is 0 Å². The molecule has 0 spiro atoms. The Labute approximate surface area is 93.5 Å². The van der Waals surface area contributed by atoms with Crippen LogP contribution in [0.3, 0.4) is 0 Å². The number of aliphatic hydroxyl groups excluding tert-OH is 1. The van der Waals surface area contributed by atoms with Gasteiger partial charge in [-0.1, -0.05) is 0 Å². The van der Waals surface area contributed by atoms with E-state index in [4.69, 9.17) is 10.8 Å². The molecule has 0 radical (unpaired) electrons. The molecule has 0 aliphatic carbocycles. The molecule has 88 valence electrons. The Kier molecular flexibility index (Phi) is 4.25. The van der Waals surface area contributed by atoms with Gasteiger partial charge in [0, 0.05) is 18.8 Å². The second-order valence-corrected chi connectivity index (χ2v) is 3.34. The zero-order valence-electron chi connectivity index (χ0n) is 9.11. The molecule has 0 heterocycles. The van der Waals surface area contributed by atoms with Crippen LogP contribution in [0.5, 0.6) is 0 Å². The molecule has 0 bridgehead atoms. The van der Waals surface area contributed by atoms with Gasteiger partial charge in [0.2, 0.25) is 0 Å². The smallest absolute Gasteiger partial charge is 0.256 e. The molecular weight excluding hydrogens is 211 g/mol. The van der Waals surface area contributed by atoms with Crippen LogP contribution in [0.15, 0.2) is 18.2 Å². The summed E-state index contributed by atoms with van der Waals surface area (Å²) in [5, 5.41) is 8.79. The van der Waals surface area contributed by atoms with Gasteiger partial charge in [-0.2, -0.15) is 0 Å². The van der Waals surface area contributed by atoms with Crippen molar-refractivity contribution in [3.63, 3.8) is 0 Å². The van der Waals surface area contributed by atoms with Crippen molar-refractivity contribution >= 4 is 11.6 Å². The third-order valence-electron chi connectivity index (χ3n) is 2.28. The van der Waals surface area contributed by atoms with Crippen LogP contribution in [0.4, 0.5) is 10.1 Å². The Balaban J connectivity index is 2.98. The summed E-state index contributed by atoms with van der Waals surface area (Å²) in [5.41, 5.74) is 5.98. The summed E-state index contributed by atoms with van der Waals surface area (Å²) in [6.45, 7) is 2.30. The highest BCUT2D eigenvalue weighted by Crippen LogP contribution is 2.15. The fourth-order valence-corrected chi connectivity index (χ4v) is 1.41. The van der Waals surface area contributed by atoms with Crippen molar-refractivity contribution in [3.05, 3.63) is 29.6 Å². The third kappa shape index (κ3) is 2.70. The number of nitrogens with zero attached hydrogens (tertiary/aromatic N) is 1. The molecule has 16 heavy (non-hydrogen) atoms. The van der Waals surface area contributed by atoms with Crippen molar-refractivity contribution in [2.45, 2.75) is 6.92 Å². The van der Waals surface area contributed by atoms with Gasteiger partial charge >= 0.3 is 0 Å². The van der Waals surface area contributed by atoms with E-state index >= 15 is 0 Å². The van der Waals surface area contributed by atoms with Gasteiger partial charge in [0.25, 0.3) is 5.91 Å². The molecule has 0 fully saturated rings. The number of nitrogens with two attached hydrogens (primary N) is 1. The summed E-state index contributed by atoms with van der Waals surface area (Å²) >= 11 is 0. The average molecular weight is 226 g/mol. The number of aliphatic hydroxyl groups is 1. The molecule has 0 unspecified atom stereocenters. The minimum atomic E-state index is -0.502. The highest BCUT2D eigenvalue weighted by molar-refractivity contribution is 5.99. The SMILES string of the molecule is CCN(CCO)C(=O)c1cc(F)ccc1N. The zero-order chi connectivity index (χ0) is 12.1. The Morgan fingerprint density at radius 2 is 2.25 bits per heavy atom. The van der Waals surface area contributed by atoms with Gasteiger partial charge in [-0.3, -0.25) is 4.79 Å². The minimum Gasteiger partial charge on any atom is -0.398 e. The van der Waals surface area contributed by atoms with Gasteiger partial charge < -0.3 is 15.7 Å². The number of nitrogen functional groups attached to an aromatic ring is 1. The molecule has 0 aliphatic heterocycles. The van der Waals surface area contributed by atoms with Crippen molar-refractivity contribution in [2.75, 3.05) is 25.4 Å². The van der Waals surface area contributed by atoms with Gasteiger partial charge in [-0.15, -0.1) is 0 Å². The molecule has 0 aromatic heterocycles. The van der Waals surface area contributed by atoms with Crippen LogP contribution in [0.25, 0.3) is 0 Å². The summed E-state index contributed by atoms with van der Waals surface area (Å²) in [6, 6.07) is 3.67. The molecule has 1 amide bonds. The molecular formula is C11H15FN2O2. The number of anilines is 1. The first-order chi connectivity index (χ1) is 7.60. The number of likely N-dealkylation sites (N-methyl/N-ethyl adjacent to an activating group) is 1. The van der Waals surface area contributed by atoms with E-state index in [9.17, 15) is 9.18 Å². The number of hydrogen-bond acceptors (Lipinski definition) is 3. The van der Waals surface area contributed by atoms with Gasteiger partial charge in [-0.05, 0) is 25.1 Å². The van der Waals surface area contributed by atoms with E-state index in [0.29, 0.717) is 6.54 Å². The predicted octanol–water partition coefficient (Wildman–Crippen LogP) is 0.862. The second kappa shape index (κ2) is 5.46. The Hall–Kier alpha value is -1.62. The standard InChI is InChI=1S/C11H15FN2O2/c1-2-14(5-6-15)11(16)9-7-8(12)3-4-10(9)13/h3-4,7,15H,2,5-6,13H2,1H3. The summed E-state index contributed by atoms with van der Waals surface area (Å²) in [5.74, 6) is -0.869. The Bertz CT molecular complexity index is 382. The van der Waals surface area contributed by atoms with Gasteiger partial charge in [-0.25, -0.2) is 4.39 Å². The average Bonchev–Trinajstić information content (AvgIpc) is 2.28. The fraction of sp³-hybridized carbons (Fsp3) is 0.364. The van der Waals surface area contributed by atoms with Crippen molar-refractivity contribution in [2.24, 2.45) is 0 Å². The monoisotopic (exact) mass is 226 g/mol. The molecule has 1 aromatic rings. The highest BCUT2D eigenvalue weighted by atomic mass is 19.1. The van der Waals surface area contributed by atoms with Crippen LogP contribution < -0.4 is 5.73 Å². The number of amides is 1. The van der Waals surface area contributed by atoms with E-state index in [-0.39, 0.29) is 30.3 Å². The quantitative estimate of drug-likeness (QED) is 0.748. The van der Waals surface area contributed by atoms with Crippen molar-refractivity contribution in [3.8, 4) is 0 Å². The van der Waals surface area contributed by atoms with E-state index in [1.54, 1.807) is 6.92 Å². The summed E-state index contributed by atoms with van der Waals surface area (Å²) in [7, 11) is 0. The van der Waals surface area contributed by atoms with Crippen LogP contribution in [0, 0.1) is 5.82 Å². The van der Waals surface area contributed by atoms with E-state index in [0.717, 1.165) is 6.07 Å². The number of halogens is 1. The number of rotatable bonds is 4. The van der Waals surface area contributed by atoms with Crippen LogP contribution in [0.1, 0.15) is 17.3 Å². The number of carbonyl (C=O) groups excluding carboxylic acids is 1. The highest BCUT2D eigenvalue weighted by Gasteiger charge is 2.16. The summed E-state index contributed by atoms with van der Waals surface area (Å²) in [6.07, 6.45) is 0. The van der Waals surface area contributed by atoms with E-state index in [2.05, 4.69) is 0 Å². The molecule has 0 atom stereocenters. The van der Waals surface area contributed by atoms with Crippen molar-refractivity contribution in [1.29, 1.82) is 0 Å². The molecule has 5 heteroatoms. The molecule has 0 saturated heterocycles. The van der Waals surface area contributed by atoms with E-state index in [1.165, 1.54) is 17.0 Å². The summed E-state index contributed by atoms with van der Waals surface area (Å²) in [4.78, 5) is 13.3. The largest absolute Gasteiger partial charge is 0.398 e. The second-order valence-electron chi connectivity index (χ2n) is 3.34. The number of carbonyl (C=O) groups is 1. The molecule has 1 rings (SSSR count). The third-order valence-corrected chi connectivity index (χ3v) is 2.28. The molecule has 4 nitrogen and oxygen atoms in total. The molecule has 0 aliphatic rings. The zero-order valence-corrected chi connectivity index (χ0v) is 9.11. The minimum absolute atomic E-state index is 0.130. The normalized spacial score (nSPS) is 10.2. The van der Waals surface area contributed by atoms with Crippen molar-refractivity contribution in [1.82, 2.24) is 4.90 Å². The maximum atomic E-state index is 13.0. The van der Waals surface area contributed by atoms with E-state index < -0.39 is 5.82 Å². The van der Waals surface area contributed by atoms with Gasteiger partial charge in [0.05, 0.1) is 12.2 Å². The van der Waals surface area contributed by atoms with Crippen LogP contribution in [-0.4, -0.2) is 35.6 Å².